The number of halogens is 1. The summed E-state index contributed by atoms with van der Waals surface area (Å²) >= 11 is 5.74. The maximum Gasteiger partial charge on any atom is 0.396 e. The van der Waals surface area contributed by atoms with Crippen molar-refractivity contribution in [2.45, 2.75) is 20.0 Å². The number of nitro groups is 1. The highest BCUT2D eigenvalue weighted by atomic mass is 35.5. The summed E-state index contributed by atoms with van der Waals surface area (Å²) in [6, 6.07) is 3.81. The first-order valence-electron chi connectivity index (χ1n) is 6.17. The molecule has 1 N–H and O–H groups in total. The van der Waals surface area contributed by atoms with Crippen molar-refractivity contribution in [1.82, 2.24) is 5.32 Å². The average Bonchev–Trinajstić information content (AvgIpc) is 2.45. The van der Waals surface area contributed by atoms with Crippen molar-refractivity contribution in [1.29, 1.82) is 0 Å². The van der Waals surface area contributed by atoms with Crippen molar-refractivity contribution in [2.75, 3.05) is 6.61 Å². The fourth-order valence-electron chi connectivity index (χ4n) is 1.35. The first-order valence-corrected chi connectivity index (χ1v) is 6.55. The minimum absolute atomic E-state index is 0.0604. The second-order valence-corrected chi connectivity index (χ2v) is 4.41. The number of nitrogens with one attached hydrogen (secondary N) is 1. The number of carbonyl (C=O) groups excluding carboxylic acids is 2. The van der Waals surface area contributed by atoms with Crippen molar-refractivity contribution in [3.63, 3.8) is 0 Å². The molecular weight excluding hydrogens is 316 g/mol. The molecule has 1 unspecified atom stereocenters. The number of rotatable bonds is 5. The minimum atomic E-state index is -1.04. The highest BCUT2D eigenvalue weighted by Gasteiger charge is 2.17. The van der Waals surface area contributed by atoms with Gasteiger partial charge in [0.15, 0.2) is 5.69 Å². The van der Waals surface area contributed by atoms with Crippen LogP contribution in [0.25, 0.3) is 0 Å². The van der Waals surface area contributed by atoms with Gasteiger partial charge in [0.05, 0.1) is 11.5 Å². The number of esters is 1. The number of ether oxygens (including phenoxy) is 1. The van der Waals surface area contributed by atoms with Crippen LogP contribution in [0, 0.1) is 10.1 Å². The standard InChI is InChI=1S/C12H13ClN4O5/c1-3-22-12(19)11(18)14-7(2)15-16-9-6-8(13)4-5-10(9)17(20)21/h4-7H,3H2,1-2H3,(H,14,18). The van der Waals surface area contributed by atoms with E-state index < -0.39 is 23.0 Å². The van der Waals surface area contributed by atoms with E-state index in [4.69, 9.17) is 11.6 Å². The Morgan fingerprint density at radius 3 is 2.77 bits per heavy atom. The third kappa shape index (κ3) is 5.09. The molecule has 0 bridgehead atoms. The van der Waals surface area contributed by atoms with Crippen LogP contribution in [-0.4, -0.2) is 29.6 Å². The van der Waals surface area contributed by atoms with Crippen LogP contribution in [0.4, 0.5) is 11.4 Å². The lowest BCUT2D eigenvalue weighted by Crippen LogP contribution is -2.37. The molecule has 1 rings (SSSR count). The molecule has 0 aliphatic rings. The van der Waals surface area contributed by atoms with E-state index in [1.807, 2.05) is 0 Å². The monoisotopic (exact) mass is 328 g/mol. The Morgan fingerprint density at radius 1 is 1.50 bits per heavy atom. The Bertz CT molecular complexity index is 620. The van der Waals surface area contributed by atoms with Crippen LogP contribution < -0.4 is 5.32 Å². The number of amides is 1. The van der Waals surface area contributed by atoms with Crippen LogP contribution in [0.15, 0.2) is 28.4 Å². The van der Waals surface area contributed by atoms with Crippen LogP contribution in [0.2, 0.25) is 5.02 Å². The number of hydrogen-bond donors (Lipinski definition) is 1. The predicted octanol–water partition coefficient (Wildman–Crippen LogP) is 2.36. The molecular formula is C12H13ClN4O5. The third-order valence-electron chi connectivity index (χ3n) is 2.27. The first-order chi connectivity index (χ1) is 10.3. The van der Waals surface area contributed by atoms with Gasteiger partial charge in [-0.3, -0.25) is 14.9 Å². The molecule has 0 radical (unpaired) electrons. The summed E-state index contributed by atoms with van der Waals surface area (Å²) in [4.78, 5) is 32.7. The average molecular weight is 329 g/mol. The molecule has 0 saturated heterocycles. The number of azo groups is 1. The van der Waals surface area contributed by atoms with Crippen molar-refractivity contribution in [2.24, 2.45) is 10.2 Å². The molecule has 1 amide bonds. The molecule has 22 heavy (non-hydrogen) atoms. The van der Waals surface area contributed by atoms with Crippen LogP contribution in [0.1, 0.15) is 13.8 Å². The zero-order chi connectivity index (χ0) is 16.7. The van der Waals surface area contributed by atoms with Gasteiger partial charge < -0.3 is 10.1 Å². The first kappa shape index (κ1) is 17.5. The Balaban J connectivity index is 2.80. The van der Waals surface area contributed by atoms with Crippen molar-refractivity contribution in [3.05, 3.63) is 33.3 Å². The molecule has 118 valence electrons. The molecule has 1 aromatic carbocycles. The molecule has 0 spiro atoms. The van der Waals surface area contributed by atoms with Crippen LogP contribution in [0.3, 0.4) is 0 Å². The number of benzene rings is 1. The van der Waals surface area contributed by atoms with Gasteiger partial charge in [-0.2, -0.15) is 5.11 Å². The normalized spacial score (nSPS) is 12.0. The zero-order valence-electron chi connectivity index (χ0n) is 11.8. The summed E-state index contributed by atoms with van der Waals surface area (Å²) < 4.78 is 4.50. The van der Waals surface area contributed by atoms with E-state index in [-0.39, 0.29) is 23.0 Å². The summed E-state index contributed by atoms with van der Waals surface area (Å²) in [6.07, 6.45) is -0.879. The van der Waals surface area contributed by atoms with Gasteiger partial charge in [0.2, 0.25) is 0 Å². The topological polar surface area (TPSA) is 123 Å². The second-order valence-electron chi connectivity index (χ2n) is 3.98. The summed E-state index contributed by atoms with van der Waals surface area (Å²) in [6.45, 7) is 3.07. The molecule has 0 aliphatic heterocycles. The van der Waals surface area contributed by atoms with Gasteiger partial charge in [-0.1, -0.05) is 11.6 Å². The molecule has 0 fully saturated rings. The fraction of sp³-hybridized carbons (Fsp3) is 0.333. The van der Waals surface area contributed by atoms with E-state index in [0.717, 1.165) is 0 Å². The van der Waals surface area contributed by atoms with E-state index in [2.05, 4.69) is 20.3 Å². The van der Waals surface area contributed by atoms with Gasteiger partial charge in [-0.05, 0) is 26.0 Å². The number of nitrogens with zero attached hydrogens (tertiary/aromatic N) is 3. The summed E-state index contributed by atoms with van der Waals surface area (Å²) in [7, 11) is 0. The Labute approximate surface area is 130 Å². The number of hydrogen-bond acceptors (Lipinski definition) is 7. The van der Waals surface area contributed by atoms with E-state index in [0.29, 0.717) is 0 Å². The molecule has 9 nitrogen and oxygen atoms in total. The summed E-state index contributed by atoms with van der Waals surface area (Å²) in [5, 5.41) is 20.7. The van der Waals surface area contributed by atoms with Crippen molar-refractivity contribution < 1.29 is 19.2 Å². The number of nitro benzene ring substituents is 1. The predicted molar refractivity (Wildman–Crippen MR) is 76.9 cm³/mol. The third-order valence-corrected chi connectivity index (χ3v) is 2.51. The quantitative estimate of drug-likeness (QED) is 0.292. The molecule has 0 heterocycles. The van der Waals surface area contributed by atoms with Crippen molar-refractivity contribution in [3.8, 4) is 0 Å². The lowest BCUT2D eigenvalue weighted by molar-refractivity contribution is -0.384. The Hall–Kier alpha value is -2.55. The summed E-state index contributed by atoms with van der Waals surface area (Å²) in [5.74, 6) is -2.02. The highest BCUT2D eigenvalue weighted by molar-refractivity contribution is 6.32. The van der Waals surface area contributed by atoms with Gasteiger partial charge in [0.1, 0.15) is 6.17 Å². The molecule has 1 aromatic rings. The van der Waals surface area contributed by atoms with Gasteiger partial charge in [0, 0.05) is 11.1 Å². The van der Waals surface area contributed by atoms with Crippen molar-refractivity contribution >= 4 is 34.9 Å². The van der Waals surface area contributed by atoms with Gasteiger partial charge >= 0.3 is 11.9 Å². The largest absolute Gasteiger partial charge is 0.459 e. The van der Waals surface area contributed by atoms with E-state index >= 15 is 0 Å². The second kappa shape index (κ2) is 8.03. The van der Waals surface area contributed by atoms with E-state index in [9.17, 15) is 19.7 Å². The van der Waals surface area contributed by atoms with Gasteiger partial charge in [0.25, 0.3) is 5.69 Å². The molecule has 0 saturated carbocycles. The Kier molecular flexibility index (Phi) is 6.39. The molecule has 0 aliphatic carbocycles. The fourth-order valence-corrected chi connectivity index (χ4v) is 1.52. The van der Waals surface area contributed by atoms with Crippen LogP contribution in [-0.2, 0) is 14.3 Å². The lowest BCUT2D eigenvalue weighted by Gasteiger charge is -2.07. The number of carbonyl (C=O) groups is 2. The Morgan fingerprint density at radius 2 is 2.18 bits per heavy atom. The van der Waals surface area contributed by atoms with Gasteiger partial charge in [-0.25, -0.2) is 4.79 Å². The SMILES string of the molecule is CCOC(=O)C(=O)NC(C)N=Nc1cc(Cl)ccc1[N+](=O)[O-]. The van der Waals surface area contributed by atoms with Crippen LogP contribution in [0.5, 0.6) is 0 Å². The molecule has 10 heteroatoms. The lowest BCUT2D eigenvalue weighted by atomic mass is 10.3. The van der Waals surface area contributed by atoms with E-state index in [1.165, 1.54) is 25.1 Å². The smallest absolute Gasteiger partial charge is 0.396 e. The van der Waals surface area contributed by atoms with Crippen LogP contribution >= 0.6 is 11.6 Å². The highest BCUT2D eigenvalue weighted by Crippen LogP contribution is 2.30. The minimum Gasteiger partial charge on any atom is -0.459 e. The van der Waals surface area contributed by atoms with Gasteiger partial charge in [-0.15, -0.1) is 5.11 Å². The molecule has 0 aromatic heterocycles. The maximum atomic E-state index is 11.4. The maximum absolute atomic E-state index is 11.4. The zero-order valence-corrected chi connectivity index (χ0v) is 12.5. The molecule has 1 atom stereocenters. The summed E-state index contributed by atoms with van der Waals surface area (Å²) in [5.41, 5.74) is -0.341. The van der Waals surface area contributed by atoms with E-state index in [1.54, 1.807) is 6.92 Å².